The summed E-state index contributed by atoms with van der Waals surface area (Å²) >= 11 is 0. The zero-order valence-corrected chi connectivity index (χ0v) is 17.6. The van der Waals surface area contributed by atoms with Gasteiger partial charge in [0.15, 0.2) is 11.5 Å². The Bertz CT molecular complexity index is 729. The van der Waals surface area contributed by atoms with Crippen LogP contribution in [0.25, 0.3) is 0 Å². The van der Waals surface area contributed by atoms with E-state index < -0.39 is 11.5 Å². The molecule has 3 aliphatic rings. The van der Waals surface area contributed by atoms with Crippen molar-refractivity contribution in [3.05, 3.63) is 23.2 Å². The highest BCUT2D eigenvalue weighted by atomic mass is 16.5. The highest BCUT2D eigenvalue weighted by Gasteiger charge is 2.59. The van der Waals surface area contributed by atoms with E-state index in [4.69, 9.17) is 4.74 Å². The maximum absolute atomic E-state index is 12.8. The van der Waals surface area contributed by atoms with Crippen LogP contribution in [0.15, 0.2) is 23.2 Å². The summed E-state index contributed by atoms with van der Waals surface area (Å²) in [4.78, 5) is 25.0. The number of carbonyl (C=O) groups excluding carboxylic acids is 2. The molecule has 1 N–H and O–H groups in total. The zero-order chi connectivity index (χ0) is 20.2. The van der Waals surface area contributed by atoms with Crippen molar-refractivity contribution in [1.29, 1.82) is 0 Å². The molecule has 3 rings (SSSR count). The summed E-state index contributed by atoms with van der Waals surface area (Å²) in [6.45, 7) is 11.7. The number of Topliss-reactive ketones (excluding diaryl/α,β-unsaturated/α-hetero) is 1. The average Bonchev–Trinajstić information content (AvgIpc) is 2.60. The normalized spacial score (nSPS) is 39.1. The van der Waals surface area contributed by atoms with Gasteiger partial charge in [-0.05, 0) is 60.2 Å². The van der Waals surface area contributed by atoms with Crippen molar-refractivity contribution < 1.29 is 19.4 Å². The van der Waals surface area contributed by atoms with E-state index in [9.17, 15) is 14.7 Å². The van der Waals surface area contributed by atoms with Gasteiger partial charge in [0.1, 0.15) is 0 Å². The van der Waals surface area contributed by atoms with Crippen LogP contribution < -0.4 is 0 Å². The number of allylic oxidation sites excluding steroid dienone is 2. The average molecular weight is 375 g/mol. The lowest BCUT2D eigenvalue weighted by molar-refractivity contribution is -0.143. The van der Waals surface area contributed by atoms with E-state index >= 15 is 0 Å². The van der Waals surface area contributed by atoms with Crippen LogP contribution in [0, 0.1) is 28.1 Å². The molecule has 150 valence electrons. The standard InChI is InChI=1S/C23H34O4/c1-14-9-11-23(5)18(8-7-10-21(23,2)3)22(14,4)13-15-19(25)16(24)12-17(27-6)20(15)26/h12,14,18,25H,7-11,13H2,1-6H3/t14-,18+,22-,23-/m0/s1. The van der Waals surface area contributed by atoms with Crippen LogP contribution in [0.3, 0.4) is 0 Å². The van der Waals surface area contributed by atoms with Gasteiger partial charge in [-0.2, -0.15) is 0 Å². The van der Waals surface area contributed by atoms with Gasteiger partial charge in [0.05, 0.1) is 7.11 Å². The van der Waals surface area contributed by atoms with E-state index in [0.717, 1.165) is 18.9 Å². The second kappa shape index (κ2) is 6.49. The second-order valence-corrected chi connectivity index (χ2v) is 10.1. The molecule has 4 nitrogen and oxygen atoms in total. The minimum Gasteiger partial charge on any atom is -0.504 e. The minimum absolute atomic E-state index is 0.0339. The molecule has 4 atom stereocenters. The van der Waals surface area contributed by atoms with Crippen LogP contribution in [0.2, 0.25) is 0 Å². The summed E-state index contributed by atoms with van der Waals surface area (Å²) in [5.41, 5.74) is 0.545. The molecule has 2 saturated carbocycles. The number of rotatable bonds is 3. The van der Waals surface area contributed by atoms with Gasteiger partial charge in [-0.25, -0.2) is 0 Å². The van der Waals surface area contributed by atoms with E-state index in [-0.39, 0.29) is 33.4 Å². The molecular formula is C23H34O4. The maximum Gasteiger partial charge on any atom is 0.227 e. The predicted octanol–water partition coefficient (Wildman–Crippen LogP) is 5.14. The molecular weight excluding hydrogens is 340 g/mol. The van der Waals surface area contributed by atoms with Gasteiger partial charge >= 0.3 is 0 Å². The van der Waals surface area contributed by atoms with Crippen molar-refractivity contribution in [1.82, 2.24) is 0 Å². The first kappa shape index (κ1) is 20.2. The van der Waals surface area contributed by atoms with E-state index in [0.29, 0.717) is 18.3 Å². The van der Waals surface area contributed by atoms with Gasteiger partial charge in [-0.3, -0.25) is 9.59 Å². The Kier molecular flexibility index (Phi) is 4.85. The number of ketones is 2. The second-order valence-electron chi connectivity index (χ2n) is 10.1. The third-order valence-electron chi connectivity index (χ3n) is 8.69. The Hall–Kier alpha value is -1.58. The van der Waals surface area contributed by atoms with Crippen LogP contribution in [0.4, 0.5) is 0 Å². The van der Waals surface area contributed by atoms with Crippen molar-refractivity contribution in [2.45, 2.75) is 73.1 Å². The molecule has 0 aromatic rings. The van der Waals surface area contributed by atoms with Crippen molar-refractivity contribution >= 4 is 11.6 Å². The first-order valence-corrected chi connectivity index (χ1v) is 10.2. The first-order valence-electron chi connectivity index (χ1n) is 10.2. The van der Waals surface area contributed by atoms with Gasteiger partial charge in [0.2, 0.25) is 11.6 Å². The third kappa shape index (κ3) is 2.87. The highest BCUT2D eigenvalue weighted by Crippen LogP contribution is 2.67. The molecule has 0 aromatic carbocycles. The molecule has 2 fully saturated rings. The van der Waals surface area contributed by atoms with Gasteiger partial charge in [0, 0.05) is 11.6 Å². The topological polar surface area (TPSA) is 63.6 Å². The van der Waals surface area contributed by atoms with Crippen LogP contribution in [-0.4, -0.2) is 23.8 Å². The summed E-state index contributed by atoms with van der Waals surface area (Å²) in [6, 6.07) is 0. The van der Waals surface area contributed by atoms with Gasteiger partial charge in [0.25, 0.3) is 0 Å². The van der Waals surface area contributed by atoms with Crippen molar-refractivity contribution in [2.24, 2.45) is 28.1 Å². The van der Waals surface area contributed by atoms with Crippen LogP contribution in [0.5, 0.6) is 0 Å². The maximum atomic E-state index is 12.8. The van der Waals surface area contributed by atoms with Crippen LogP contribution in [0.1, 0.15) is 73.1 Å². The lowest BCUT2D eigenvalue weighted by Crippen LogP contribution is -2.56. The molecule has 4 heteroatoms. The number of methoxy groups -OCH3 is 1. The highest BCUT2D eigenvalue weighted by molar-refractivity contribution is 6.20. The molecule has 0 aliphatic heterocycles. The van der Waals surface area contributed by atoms with E-state index in [1.54, 1.807) is 0 Å². The number of fused-ring (bicyclic) bond motifs is 1. The van der Waals surface area contributed by atoms with Gasteiger partial charge in [-0.15, -0.1) is 0 Å². The number of aliphatic hydroxyl groups is 1. The molecule has 0 amide bonds. The summed E-state index contributed by atoms with van der Waals surface area (Å²) in [6.07, 6.45) is 7.40. The minimum atomic E-state index is -0.528. The molecule has 3 aliphatic carbocycles. The summed E-state index contributed by atoms with van der Waals surface area (Å²) in [5.74, 6) is -0.351. The summed E-state index contributed by atoms with van der Waals surface area (Å²) in [7, 11) is 1.39. The SMILES string of the molecule is COC1=CC(=O)C(O)=C(C[C@]2(C)[C@H]3CCCC(C)(C)[C@@]3(C)CC[C@@H]2C)C1=O. The fraction of sp³-hybridized carbons (Fsp3) is 0.739. The Morgan fingerprint density at radius 1 is 1.15 bits per heavy atom. The summed E-state index contributed by atoms with van der Waals surface area (Å²) in [5, 5.41) is 10.4. The Morgan fingerprint density at radius 2 is 1.81 bits per heavy atom. The molecule has 0 unspecified atom stereocenters. The number of carbonyl (C=O) groups is 2. The molecule has 27 heavy (non-hydrogen) atoms. The lowest BCUT2D eigenvalue weighted by Gasteiger charge is -2.64. The largest absolute Gasteiger partial charge is 0.504 e. The molecule has 0 aromatic heterocycles. The van der Waals surface area contributed by atoms with E-state index in [1.165, 1.54) is 26.4 Å². The molecule has 0 radical (unpaired) electrons. The Morgan fingerprint density at radius 3 is 2.44 bits per heavy atom. The van der Waals surface area contributed by atoms with Gasteiger partial charge < -0.3 is 9.84 Å². The molecule has 0 bridgehead atoms. The lowest BCUT2D eigenvalue weighted by atomic mass is 9.41. The summed E-state index contributed by atoms with van der Waals surface area (Å²) < 4.78 is 5.11. The Labute approximate surface area is 163 Å². The number of aliphatic hydroxyl groups excluding tert-OH is 1. The van der Waals surface area contributed by atoms with Crippen molar-refractivity contribution in [2.75, 3.05) is 7.11 Å². The van der Waals surface area contributed by atoms with Crippen LogP contribution in [-0.2, 0) is 14.3 Å². The van der Waals surface area contributed by atoms with Gasteiger partial charge in [-0.1, -0.05) is 41.0 Å². The number of hydrogen-bond donors (Lipinski definition) is 1. The predicted molar refractivity (Wildman–Crippen MR) is 105 cm³/mol. The van der Waals surface area contributed by atoms with Crippen molar-refractivity contribution in [3.63, 3.8) is 0 Å². The van der Waals surface area contributed by atoms with Crippen molar-refractivity contribution in [3.8, 4) is 0 Å². The molecule has 0 saturated heterocycles. The number of hydrogen-bond acceptors (Lipinski definition) is 4. The molecule has 0 spiro atoms. The Balaban J connectivity index is 2.02. The zero-order valence-electron chi connectivity index (χ0n) is 17.6. The smallest absolute Gasteiger partial charge is 0.227 e. The number of ether oxygens (including phenoxy) is 1. The quantitative estimate of drug-likeness (QED) is 0.695. The third-order valence-corrected chi connectivity index (χ3v) is 8.69. The fourth-order valence-electron chi connectivity index (χ4n) is 6.24. The molecule has 0 heterocycles. The fourth-order valence-corrected chi connectivity index (χ4v) is 6.24. The van der Waals surface area contributed by atoms with E-state index in [1.807, 2.05) is 0 Å². The monoisotopic (exact) mass is 374 g/mol. The van der Waals surface area contributed by atoms with E-state index in [2.05, 4.69) is 34.6 Å². The van der Waals surface area contributed by atoms with Crippen LogP contribution >= 0.6 is 0 Å². The first-order chi connectivity index (χ1) is 12.5.